The van der Waals surface area contributed by atoms with Gasteiger partial charge in [0.05, 0.1) is 22.4 Å². The van der Waals surface area contributed by atoms with E-state index in [1.807, 2.05) is 66.0 Å². The van der Waals surface area contributed by atoms with E-state index in [0.29, 0.717) is 37.6 Å². The highest BCUT2D eigenvalue weighted by Crippen LogP contribution is 2.45. The molecule has 0 bridgehead atoms. The Morgan fingerprint density at radius 1 is 1.00 bits per heavy atom. The van der Waals surface area contributed by atoms with Gasteiger partial charge in [-0.3, -0.25) is 9.59 Å². The summed E-state index contributed by atoms with van der Waals surface area (Å²) in [5.74, 6) is 3.06. The monoisotopic (exact) mass is 615 g/mol. The molecule has 11 heteroatoms. The summed E-state index contributed by atoms with van der Waals surface area (Å²) in [6, 6.07) is 20.4. The van der Waals surface area contributed by atoms with Crippen molar-refractivity contribution in [1.29, 1.82) is 0 Å². The van der Waals surface area contributed by atoms with Crippen LogP contribution in [0.5, 0.6) is 17.2 Å². The van der Waals surface area contributed by atoms with Crippen LogP contribution in [0.25, 0.3) is 0 Å². The largest absolute Gasteiger partial charge is 0.493 e. The van der Waals surface area contributed by atoms with Gasteiger partial charge in [0.2, 0.25) is 0 Å². The van der Waals surface area contributed by atoms with E-state index in [2.05, 4.69) is 31.8 Å². The number of anilines is 1. The lowest BCUT2D eigenvalue weighted by molar-refractivity contribution is -0.123. The molecule has 198 valence electrons. The van der Waals surface area contributed by atoms with Crippen LogP contribution in [-0.2, 0) is 9.59 Å². The van der Waals surface area contributed by atoms with Gasteiger partial charge in [-0.2, -0.15) is 5.10 Å². The van der Waals surface area contributed by atoms with Gasteiger partial charge in [-0.1, -0.05) is 30.3 Å². The first-order chi connectivity index (χ1) is 18.5. The van der Waals surface area contributed by atoms with E-state index in [1.54, 1.807) is 24.3 Å². The number of hydrazone groups is 1. The molecule has 3 aromatic rings. The summed E-state index contributed by atoms with van der Waals surface area (Å²) in [5, 5.41) is 6.76. The molecule has 4 rings (SSSR count). The first kappa shape index (κ1) is 27.9. The highest BCUT2D eigenvalue weighted by molar-refractivity contribution is 9.10. The minimum absolute atomic E-state index is 0.158. The molecular formula is C27H26BrN3O5S2. The van der Waals surface area contributed by atoms with Crippen molar-refractivity contribution in [2.75, 3.05) is 37.1 Å². The van der Waals surface area contributed by atoms with Crippen molar-refractivity contribution in [3.05, 3.63) is 82.3 Å². The summed E-state index contributed by atoms with van der Waals surface area (Å²) < 4.78 is 17.7. The van der Waals surface area contributed by atoms with Gasteiger partial charge in [0, 0.05) is 17.2 Å². The molecule has 1 aliphatic heterocycles. The SMILES string of the molecule is COc1cc(/C=N\NC(=O)COc2ccc(C3SCCS3)cc2)cc(Br)c1OCC(=O)Nc1ccccc1. The number of carbonyl (C=O) groups excluding carboxylic acids is 2. The van der Waals surface area contributed by atoms with E-state index < -0.39 is 0 Å². The Kier molecular flexibility index (Phi) is 10.4. The molecule has 2 N–H and O–H groups in total. The lowest BCUT2D eigenvalue weighted by Crippen LogP contribution is -2.24. The molecule has 38 heavy (non-hydrogen) atoms. The number of halogens is 1. The molecule has 0 aliphatic carbocycles. The van der Waals surface area contributed by atoms with Crippen molar-refractivity contribution in [2.45, 2.75) is 4.58 Å². The number of thioether (sulfide) groups is 2. The Morgan fingerprint density at radius 3 is 2.42 bits per heavy atom. The smallest absolute Gasteiger partial charge is 0.277 e. The molecule has 0 unspecified atom stereocenters. The molecule has 0 atom stereocenters. The van der Waals surface area contributed by atoms with Crippen LogP contribution in [0.15, 0.2) is 76.3 Å². The van der Waals surface area contributed by atoms with Crippen LogP contribution in [0.3, 0.4) is 0 Å². The van der Waals surface area contributed by atoms with Gasteiger partial charge in [0.1, 0.15) is 5.75 Å². The maximum absolute atomic E-state index is 12.2. The van der Waals surface area contributed by atoms with Gasteiger partial charge < -0.3 is 19.5 Å². The molecule has 8 nitrogen and oxygen atoms in total. The average Bonchev–Trinajstić information content (AvgIpc) is 3.47. The highest BCUT2D eigenvalue weighted by Gasteiger charge is 2.18. The molecule has 0 spiro atoms. The van der Waals surface area contributed by atoms with Gasteiger partial charge >= 0.3 is 0 Å². The highest BCUT2D eigenvalue weighted by atomic mass is 79.9. The number of rotatable bonds is 11. The van der Waals surface area contributed by atoms with E-state index in [0.717, 1.165) is 0 Å². The lowest BCUT2D eigenvalue weighted by Gasteiger charge is -2.13. The van der Waals surface area contributed by atoms with Crippen LogP contribution in [0, 0.1) is 0 Å². The fraction of sp³-hybridized carbons (Fsp3) is 0.222. The number of methoxy groups -OCH3 is 1. The van der Waals surface area contributed by atoms with Crippen molar-refractivity contribution < 1.29 is 23.8 Å². The minimum atomic E-state index is -0.386. The van der Waals surface area contributed by atoms with Gasteiger partial charge in [0.25, 0.3) is 11.8 Å². The summed E-state index contributed by atoms with van der Waals surface area (Å²) in [7, 11) is 1.50. The van der Waals surface area contributed by atoms with Crippen molar-refractivity contribution in [3.63, 3.8) is 0 Å². The summed E-state index contributed by atoms with van der Waals surface area (Å²) in [6.45, 7) is -0.358. The first-order valence-corrected chi connectivity index (χ1v) is 14.5. The fourth-order valence-corrected chi connectivity index (χ4v) is 6.88. The predicted octanol–water partition coefficient (Wildman–Crippen LogP) is 5.48. The fourth-order valence-electron chi connectivity index (χ4n) is 3.44. The van der Waals surface area contributed by atoms with Crippen molar-refractivity contribution >= 4 is 63.2 Å². The quantitative estimate of drug-likeness (QED) is 0.218. The molecule has 1 saturated heterocycles. The van der Waals surface area contributed by atoms with Crippen molar-refractivity contribution in [2.24, 2.45) is 5.10 Å². The Balaban J connectivity index is 1.25. The maximum atomic E-state index is 12.2. The van der Waals surface area contributed by atoms with Gasteiger partial charge in [-0.15, -0.1) is 23.5 Å². The molecule has 1 heterocycles. The van der Waals surface area contributed by atoms with E-state index in [9.17, 15) is 9.59 Å². The van der Waals surface area contributed by atoms with Crippen LogP contribution < -0.4 is 25.0 Å². The Morgan fingerprint density at radius 2 is 1.71 bits per heavy atom. The Bertz CT molecular complexity index is 1270. The van der Waals surface area contributed by atoms with Crippen molar-refractivity contribution in [3.8, 4) is 17.2 Å². The van der Waals surface area contributed by atoms with Gasteiger partial charge in [0.15, 0.2) is 24.7 Å². The number of ether oxygens (including phenoxy) is 3. The summed E-state index contributed by atoms with van der Waals surface area (Å²) in [6.07, 6.45) is 1.47. The average molecular weight is 617 g/mol. The second kappa shape index (κ2) is 14.1. The molecule has 0 aromatic heterocycles. The zero-order valence-electron chi connectivity index (χ0n) is 20.5. The van der Waals surface area contributed by atoms with Crippen molar-refractivity contribution in [1.82, 2.24) is 5.43 Å². The number of nitrogens with one attached hydrogen (secondary N) is 2. The number of benzene rings is 3. The van der Waals surface area contributed by atoms with Crippen LogP contribution in [0.4, 0.5) is 5.69 Å². The second-order valence-electron chi connectivity index (χ2n) is 7.96. The maximum Gasteiger partial charge on any atom is 0.277 e. The third kappa shape index (κ3) is 8.17. The molecule has 0 saturated carbocycles. The van der Waals surface area contributed by atoms with Crippen LogP contribution in [-0.4, -0.2) is 49.9 Å². The summed E-state index contributed by atoms with van der Waals surface area (Å²) in [5.41, 5.74) is 5.04. The third-order valence-corrected chi connectivity index (χ3v) is 8.90. The molecule has 0 radical (unpaired) electrons. The molecule has 3 aromatic carbocycles. The van der Waals surface area contributed by atoms with E-state index in [1.165, 1.54) is 30.4 Å². The molecular weight excluding hydrogens is 590 g/mol. The number of hydrogen-bond acceptors (Lipinski definition) is 8. The predicted molar refractivity (Wildman–Crippen MR) is 157 cm³/mol. The van der Waals surface area contributed by atoms with Crippen LogP contribution in [0.1, 0.15) is 15.7 Å². The zero-order chi connectivity index (χ0) is 26.7. The molecule has 1 aliphatic rings. The second-order valence-corrected chi connectivity index (χ2v) is 11.5. The standard InChI is InChI=1S/C27H26BrN3O5S2/c1-34-23-14-18(13-22(28)26(23)36-16-24(32)30-20-5-3-2-4-6-20)15-29-31-25(33)17-35-21-9-7-19(8-10-21)27-37-11-12-38-27/h2-10,13-15,27H,11-12,16-17H2,1H3,(H,30,32)(H,31,33)/b29-15-. The Hall–Kier alpha value is -3.15. The normalized spacial score (nSPS) is 13.3. The third-order valence-electron chi connectivity index (χ3n) is 5.20. The lowest BCUT2D eigenvalue weighted by atomic mass is 10.2. The number of carbonyl (C=O) groups is 2. The zero-order valence-corrected chi connectivity index (χ0v) is 23.7. The molecule has 1 fully saturated rings. The number of nitrogens with zero attached hydrogens (tertiary/aromatic N) is 1. The Labute approximate surface area is 238 Å². The van der Waals surface area contributed by atoms with E-state index in [-0.39, 0.29) is 25.0 Å². The first-order valence-electron chi connectivity index (χ1n) is 11.6. The number of para-hydroxylation sites is 1. The van der Waals surface area contributed by atoms with Crippen LogP contribution in [0.2, 0.25) is 0 Å². The van der Waals surface area contributed by atoms with Gasteiger partial charge in [-0.05, 0) is 63.5 Å². The van der Waals surface area contributed by atoms with E-state index >= 15 is 0 Å². The topological polar surface area (TPSA) is 98.2 Å². The molecule has 2 amide bonds. The van der Waals surface area contributed by atoms with E-state index in [4.69, 9.17) is 14.2 Å². The van der Waals surface area contributed by atoms with Gasteiger partial charge in [-0.25, -0.2) is 5.43 Å². The summed E-state index contributed by atoms with van der Waals surface area (Å²) in [4.78, 5) is 24.4. The number of hydrogen-bond donors (Lipinski definition) is 2. The summed E-state index contributed by atoms with van der Waals surface area (Å²) >= 11 is 7.33. The minimum Gasteiger partial charge on any atom is -0.493 e. The number of amides is 2. The van der Waals surface area contributed by atoms with Crippen LogP contribution >= 0.6 is 39.5 Å².